The van der Waals surface area contributed by atoms with Gasteiger partial charge in [-0.3, -0.25) is 9.78 Å². The highest BCUT2D eigenvalue weighted by atomic mass is 16.4. The van der Waals surface area contributed by atoms with Gasteiger partial charge < -0.3 is 14.9 Å². The first-order valence-corrected chi connectivity index (χ1v) is 6.98. The maximum absolute atomic E-state index is 12.6. The number of carboxylic acid groups (broad SMARTS) is 1. The monoisotopic (exact) mass is 289 g/mol. The molecule has 2 heterocycles. The van der Waals surface area contributed by atoms with Gasteiger partial charge in [-0.15, -0.1) is 0 Å². The molecule has 6 heteroatoms. The minimum atomic E-state index is -1.05. The minimum absolute atomic E-state index is 0.0711. The van der Waals surface area contributed by atoms with Crippen LogP contribution in [0.1, 0.15) is 22.8 Å². The van der Waals surface area contributed by atoms with Crippen LogP contribution < -0.4 is 0 Å². The van der Waals surface area contributed by atoms with E-state index in [1.54, 1.807) is 17.2 Å². The van der Waals surface area contributed by atoms with E-state index in [9.17, 15) is 9.59 Å². The number of hydrogen-bond acceptors (Lipinski definition) is 4. The smallest absolute Gasteiger partial charge is 0.328 e. The van der Waals surface area contributed by atoms with E-state index in [4.69, 9.17) is 5.11 Å². The van der Waals surface area contributed by atoms with E-state index >= 15 is 0 Å². The molecule has 0 saturated carbocycles. The van der Waals surface area contributed by atoms with Gasteiger partial charge in [-0.05, 0) is 18.7 Å². The predicted molar refractivity (Wildman–Crippen MR) is 78.9 cm³/mol. The third-order valence-electron chi connectivity index (χ3n) is 3.59. The van der Waals surface area contributed by atoms with Crippen molar-refractivity contribution in [2.75, 3.05) is 32.7 Å². The molecule has 1 N–H and O–H groups in total. The third kappa shape index (κ3) is 3.88. The topological polar surface area (TPSA) is 73.7 Å². The van der Waals surface area contributed by atoms with E-state index in [1.807, 2.05) is 0 Å². The lowest BCUT2D eigenvalue weighted by Gasteiger charge is -2.34. The molecule has 0 aliphatic carbocycles. The van der Waals surface area contributed by atoms with Crippen LogP contribution in [0.5, 0.6) is 0 Å². The molecule has 0 spiro atoms. The first-order valence-electron chi connectivity index (χ1n) is 6.98. The number of carbonyl (C=O) groups is 2. The van der Waals surface area contributed by atoms with Crippen molar-refractivity contribution in [2.24, 2.45) is 0 Å². The first kappa shape index (κ1) is 15.2. The summed E-state index contributed by atoms with van der Waals surface area (Å²) in [6, 6.07) is 1.63. The van der Waals surface area contributed by atoms with Crippen molar-refractivity contribution in [3.63, 3.8) is 0 Å². The van der Waals surface area contributed by atoms with Crippen molar-refractivity contribution >= 4 is 18.0 Å². The number of aromatic nitrogens is 1. The van der Waals surface area contributed by atoms with Gasteiger partial charge in [0.25, 0.3) is 5.91 Å². The lowest BCUT2D eigenvalue weighted by atomic mass is 10.1. The average Bonchev–Trinajstić information content (AvgIpc) is 2.52. The van der Waals surface area contributed by atoms with Gasteiger partial charge in [-0.25, -0.2) is 4.79 Å². The molecule has 0 unspecified atom stereocenters. The summed E-state index contributed by atoms with van der Waals surface area (Å²) in [4.78, 5) is 31.2. The van der Waals surface area contributed by atoms with Gasteiger partial charge in [-0.2, -0.15) is 0 Å². The summed E-state index contributed by atoms with van der Waals surface area (Å²) in [5.41, 5.74) is 1.02. The molecule has 1 aliphatic rings. The zero-order valence-electron chi connectivity index (χ0n) is 12.0. The van der Waals surface area contributed by atoms with Gasteiger partial charge in [-0.1, -0.05) is 6.92 Å². The Labute approximate surface area is 123 Å². The van der Waals surface area contributed by atoms with Crippen molar-refractivity contribution < 1.29 is 14.7 Å². The summed E-state index contributed by atoms with van der Waals surface area (Å²) in [7, 11) is 0. The first-order chi connectivity index (χ1) is 10.1. The molecule has 0 aromatic carbocycles. The van der Waals surface area contributed by atoms with Crippen molar-refractivity contribution in [1.29, 1.82) is 0 Å². The third-order valence-corrected chi connectivity index (χ3v) is 3.59. The molecule has 1 saturated heterocycles. The summed E-state index contributed by atoms with van der Waals surface area (Å²) >= 11 is 0. The van der Waals surface area contributed by atoms with Crippen LogP contribution in [-0.2, 0) is 4.79 Å². The summed E-state index contributed by atoms with van der Waals surface area (Å²) in [5, 5.41) is 8.70. The minimum Gasteiger partial charge on any atom is -0.478 e. The van der Waals surface area contributed by atoms with Gasteiger partial charge in [0.05, 0.1) is 0 Å². The largest absolute Gasteiger partial charge is 0.478 e. The van der Waals surface area contributed by atoms with Crippen LogP contribution in [0.25, 0.3) is 6.08 Å². The number of piperazine rings is 1. The Hall–Kier alpha value is -2.21. The number of hydrogen-bond donors (Lipinski definition) is 1. The zero-order chi connectivity index (χ0) is 15.2. The van der Waals surface area contributed by atoms with E-state index in [-0.39, 0.29) is 5.91 Å². The summed E-state index contributed by atoms with van der Waals surface area (Å²) in [6.07, 6.45) is 5.48. The van der Waals surface area contributed by atoms with Crippen LogP contribution in [0.2, 0.25) is 0 Å². The van der Waals surface area contributed by atoms with Crippen LogP contribution in [0.3, 0.4) is 0 Å². The molecule has 2 rings (SSSR count). The fourth-order valence-electron chi connectivity index (χ4n) is 2.33. The van der Waals surface area contributed by atoms with Gasteiger partial charge in [0.15, 0.2) is 0 Å². The van der Waals surface area contributed by atoms with E-state index in [1.165, 1.54) is 12.3 Å². The number of pyridine rings is 1. The second-order valence-corrected chi connectivity index (χ2v) is 4.86. The number of carbonyl (C=O) groups excluding carboxylic acids is 1. The normalized spacial score (nSPS) is 16.3. The number of likely N-dealkylation sites (N-methyl/N-ethyl adjacent to an activating group) is 1. The van der Waals surface area contributed by atoms with Crippen molar-refractivity contribution in [2.45, 2.75) is 6.92 Å². The number of rotatable bonds is 4. The average molecular weight is 289 g/mol. The van der Waals surface area contributed by atoms with Crippen LogP contribution in [0, 0.1) is 0 Å². The fourth-order valence-corrected chi connectivity index (χ4v) is 2.33. The standard InChI is InChI=1S/C15H19N3O3/c1-2-17-7-9-18(10-8-17)15(21)13-5-6-16-11-12(13)3-4-14(19)20/h3-6,11H,2,7-10H2,1H3,(H,19,20). The highest BCUT2D eigenvalue weighted by molar-refractivity contribution is 5.98. The summed E-state index contributed by atoms with van der Waals surface area (Å²) in [5.74, 6) is -1.12. The molecule has 0 atom stereocenters. The molecule has 1 fully saturated rings. The van der Waals surface area contributed by atoms with Crippen LogP contribution in [0.15, 0.2) is 24.5 Å². The molecule has 6 nitrogen and oxygen atoms in total. The molecule has 0 radical (unpaired) electrons. The van der Waals surface area contributed by atoms with Gasteiger partial charge >= 0.3 is 5.97 Å². The molecule has 0 bridgehead atoms. The molecular formula is C15H19N3O3. The number of amides is 1. The van der Waals surface area contributed by atoms with E-state index in [0.29, 0.717) is 24.2 Å². The van der Waals surface area contributed by atoms with Crippen molar-refractivity contribution in [1.82, 2.24) is 14.8 Å². The molecule has 1 aliphatic heterocycles. The van der Waals surface area contributed by atoms with Gasteiger partial charge in [0.1, 0.15) is 0 Å². The van der Waals surface area contributed by atoms with E-state index < -0.39 is 5.97 Å². The molecule has 1 aromatic rings. The Morgan fingerprint density at radius 3 is 2.67 bits per heavy atom. The Morgan fingerprint density at radius 1 is 1.33 bits per heavy atom. The summed E-state index contributed by atoms with van der Waals surface area (Å²) in [6.45, 7) is 6.22. The Morgan fingerprint density at radius 2 is 2.05 bits per heavy atom. The second-order valence-electron chi connectivity index (χ2n) is 4.86. The Balaban J connectivity index is 2.14. The lowest BCUT2D eigenvalue weighted by Crippen LogP contribution is -2.48. The molecular weight excluding hydrogens is 270 g/mol. The van der Waals surface area contributed by atoms with E-state index in [0.717, 1.165) is 25.7 Å². The Kier molecular flexibility index (Phi) is 5.05. The van der Waals surface area contributed by atoms with Gasteiger partial charge in [0.2, 0.25) is 0 Å². The lowest BCUT2D eigenvalue weighted by molar-refractivity contribution is -0.131. The SMILES string of the molecule is CCN1CCN(C(=O)c2ccncc2C=CC(=O)O)CC1. The highest BCUT2D eigenvalue weighted by Gasteiger charge is 2.22. The zero-order valence-corrected chi connectivity index (χ0v) is 12.0. The van der Waals surface area contributed by atoms with Crippen LogP contribution in [-0.4, -0.2) is 64.5 Å². The van der Waals surface area contributed by atoms with Crippen LogP contribution in [0.4, 0.5) is 0 Å². The van der Waals surface area contributed by atoms with Crippen LogP contribution >= 0.6 is 0 Å². The molecule has 21 heavy (non-hydrogen) atoms. The van der Waals surface area contributed by atoms with Gasteiger partial charge in [0, 0.05) is 55.8 Å². The summed E-state index contributed by atoms with van der Waals surface area (Å²) < 4.78 is 0. The maximum atomic E-state index is 12.6. The second kappa shape index (κ2) is 6.99. The van der Waals surface area contributed by atoms with E-state index in [2.05, 4.69) is 16.8 Å². The van der Waals surface area contributed by atoms with Crippen molar-refractivity contribution in [3.05, 3.63) is 35.7 Å². The molecule has 1 amide bonds. The maximum Gasteiger partial charge on any atom is 0.328 e. The number of nitrogens with zero attached hydrogens (tertiary/aromatic N) is 3. The van der Waals surface area contributed by atoms with Crippen molar-refractivity contribution in [3.8, 4) is 0 Å². The molecule has 1 aromatic heterocycles. The predicted octanol–water partition coefficient (Wildman–Crippen LogP) is 0.957. The Bertz CT molecular complexity index is 549. The fraction of sp³-hybridized carbons (Fsp3) is 0.400. The molecule has 112 valence electrons. The quantitative estimate of drug-likeness (QED) is 0.836. The number of carboxylic acids is 1. The highest BCUT2D eigenvalue weighted by Crippen LogP contribution is 2.14. The number of aliphatic carboxylic acids is 1.